The summed E-state index contributed by atoms with van der Waals surface area (Å²) in [5, 5.41) is 10.7. The van der Waals surface area contributed by atoms with Crippen LogP contribution >= 0.6 is 0 Å². The highest BCUT2D eigenvalue weighted by Gasteiger charge is 2.34. The number of aryl methyl sites for hydroxylation is 1. The van der Waals surface area contributed by atoms with E-state index in [1.165, 1.54) is 0 Å². The van der Waals surface area contributed by atoms with E-state index in [4.69, 9.17) is 9.47 Å². The minimum absolute atomic E-state index is 0.250. The second-order valence-corrected chi connectivity index (χ2v) is 5.95. The van der Waals surface area contributed by atoms with Crippen LogP contribution in [0.1, 0.15) is 19.4 Å². The summed E-state index contributed by atoms with van der Waals surface area (Å²) >= 11 is 0. The molecule has 20 heavy (non-hydrogen) atoms. The molecule has 1 saturated heterocycles. The monoisotopic (exact) mass is 279 g/mol. The first kappa shape index (κ1) is 15.3. The predicted octanol–water partition coefficient (Wildman–Crippen LogP) is 1.85. The Balaban J connectivity index is 1.98. The van der Waals surface area contributed by atoms with Crippen molar-refractivity contribution in [1.29, 1.82) is 0 Å². The van der Waals surface area contributed by atoms with Crippen LogP contribution in [-0.4, -0.2) is 54.6 Å². The van der Waals surface area contributed by atoms with Crippen molar-refractivity contribution in [3.63, 3.8) is 0 Å². The van der Waals surface area contributed by atoms with Crippen LogP contribution in [0.15, 0.2) is 24.3 Å². The maximum Gasteiger partial charge on any atom is 0.134 e. The van der Waals surface area contributed by atoms with Gasteiger partial charge in [0.15, 0.2) is 0 Å². The molecule has 2 rings (SSSR count). The molecule has 1 heterocycles. The van der Waals surface area contributed by atoms with Crippen molar-refractivity contribution in [2.75, 3.05) is 32.9 Å². The van der Waals surface area contributed by atoms with Gasteiger partial charge in [-0.15, -0.1) is 0 Å². The fourth-order valence-corrected chi connectivity index (χ4v) is 2.40. The fourth-order valence-electron chi connectivity index (χ4n) is 2.40. The Morgan fingerprint density at radius 3 is 2.95 bits per heavy atom. The highest BCUT2D eigenvalue weighted by molar-refractivity contribution is 5.27. The van der Waals surface area contributed by atoms with E-state index in [2.05, 4.69) is 18.7 Å². The zero-order valence-electron chi connectivity index (χ0n) is 12.6. The Bertz CT molecular complexity index is 435. The predicted molar refractivity (Wildman–Crippen MR) is 79.2 cm³/mol. The number of hydrogen-bond acceptors (Lipinski definition) is 4. The maximum atomic E-state index is 10.7. The molecule has 4 heteroatoms. The average Bonchev–Trinajstić information content (AvgIpc) is 2.59. The van der Waals surface area contributed by atoms with Crippen LogP contribution in [0.25, 0.3) is 0 Å². The number of hydrogen-bond donors (Lipinski definition) is 1. The molecule has 0 radical (unpaired) electrons. The van der Waals surface area contributed by atoms with Gasteiger partial charge < -0.3 is 14.6 Å². The van der Waals surface area contributed by atoms with E-state index in [1.807, 2.05) is 31.2 Å². The van der Waals surface area contributed by atoms with Crippen molar-refractivity contribution >= 4 is 0 Å². The Kier molecular flexibility index (Phi) is 5.02. The third-order valence-electron chi connectivity index (χ3n) is 3.62. The smallest absolute Gasteiger partial charge is 0.134 e. The molecule has 0 aromatic heterocycles. The molecule has 4 nitrogen and oxygen atoms in total. The van der Waals surface area contributed by atoms with Crippen molar-refractivity contribution in [3.8, 4) is 5.75 Å². The van der Waals surface area contributed by atoms with Gasteiger partial charge in [0.2, 0.25) is 0 Å². The molecule has 1 aliphatic heterocycles. The zero-order chi connectivity index (χ0) is 14.6. The van der Waals surface area contributed by atoms with Crippen LogP contribution in [0.2, 0.25) is 0 Å². The van der Waals surface area contributed by atoms with E-state index in [0.717, 1.165) is 17.9 Å². The molecule has 1 atom stereocenters. The molecule has 1 aliphatic rings. The molecule has 112 valence electrons. The van der Waals surface area contributed by atoms with Crippen molar-refractivity contribution < 1.29 is 14.6 Å². The standard InChI is InChI=1S/C16H25NO3/c1-13(2)17-7-8-19-11-16(18,10-17)12-20-15-6-4-5-14(3)9-15/h4-6,9,13,18H,7-8,10-12H2,1-3H3/t16-/m0/s1. The molecule has 1 N–H and O–H groups in total. The summed E-state index contributed by atoms with van der Waals surface area (Å²) in [4.78, 5) is 2.23. The lowest BCUT2D eigenvalue weighted by Crippen LogP contribution is -2.50. The molecule has 0 amide bonds. The number of benzene rings is 1. The van der Waals surface area contributed by atoms with Crippen molar-refractivity contribution in [2.24, 2.45) is 0 Å². The maximum absolute atomic E-state index is 10.7. The molecule has 0 unspecified atom stereocenters. The Morgan fingerprint density at radius 2 is 2.25 bits per heavy atom. The summed E-state index contributed by atoms with van der Waals surface area (Å²) in [5.41, 5.74) is 0.195. The van der Waals surface area contributed by atoms with Gasteiger partial charge in [-0.1, -0.05) is 12.1 Å². The van der Waals surface area contributed by atoms with E-state index >= 15 is 0 Å². The summed E-state index contributed by atoms with van der Waals surface area (Å²) < 4.78 is 11.3. The van der Waals surface area contributed by atoms with Gasteiger partial charge in [0.1, 0.15) is 18.0 Å². The van der Waals surface area contributed by atoms with Gasteiger partial charge in [0.05, 0.1) is 13.2 Å². The fraction of sp³-hybridized carbons (Fsp3) is 0.625. The lowest BCUT2D eigenvalue weighted by atomic mass is 10.1. The number of β-amino-alcohol motifs (C(OH)–C–C–N with tert-alkyl or cyclic N) is 1. The summed E-state index contributed by atoms with van der Waals surface area (Å²) in [7, 11) is 0. The number of ether oxygens (including phenoxy) is 2. The van der Waals surface area contributed by atoms with Crippen LogP contribution in [0.5, 0.6) is 5.75 Å². The Labute approximate surface area is 121 Å². The third kappa shape index (κ3) is 4.20. The first-order valence-electron chi connectivity index (χ1n) is 7.22. The quantitative estimate of drug-likeness (QED) is 0.913. The molecular weight excluding hydrogens is 254 g/mol. The highest BCUT2D eigenvalue weighted by atomic mass is 16.5. The van der Waals surface area contributed by atoms with Crippen molar-refractivity contribution in [2.45, 2.75) is 32.4 Å². The topological polar surface area (TPSA) is 41.9 Å². The lowest BCUT2D eigenvalue weighted by Gasteiger charge is -2.32. The van der Waals surface area contributed by atoms with Crippen LogP contribution in [-0.2, 0) is 4.74 Å². The molecule has 0 saturated carbocycles. The van der Waals surface area contributed by atoms with Crippen LogP contribution in [0.3, 0.4) is 0 Å². The molecule has 0 bridgehead atoms. The van der Waals surface area contributed by atoms with Gasteiger partial charge in [-0.05, 0) is 38.5 Å². The van der Waals surface area contributed by atoms with Crippen LogP contribution < -0.4 is 4.74 Å². The van der Waals surface area contributed by atoms with Crippen molar-refractivity contribution in [1.82, 2.24) is 4.90 Å². The largest absolute Gasteiger partial charge is 0.490 e. The first-order valence-corrected chi connectivity index (χ1v) is 7.22. The summed E-state index contributed by atoms with van der Waals surface area (Å²) in [6.45, 7) is 8.95. The minimum Gasteiger partial charge on any atom is -0.490 e. The van der Waals surface area contributed by atoms with Crippen LogP contribution in [0.4, 0.5) is 0 Å². The van der Waals surface area contributed by atoms with Gasteiger partial charge in [-0.2, -0.15) is 0 Å². The van der Waals surface area contributed by atoms with Crippen molar-refractivity contribution in [3.05, 3.63) is 29.8 Å². The summed E-state index contributed by atoms with van der Waals surface area (Å²) in [5.74, 6) is 0.791. The van der Waals surface area contributed by atoms with E-state index in [-0.39, 0.29) is 6.61 Å². The zero-order valence-corrected chi connectivity index (χ0v) is 12.6. The second-order valence-electron chi connectivity index (χ2n) is 5.95. The van der Waals surface area contributed by atoms with E-state index in [1.54, 1.807) is 0 Å². The van der Waals surface area contributed by atoms with Gasteiger partial charge in [-0.25, -0.2) is 0 Å². The van der Waals surface area contributed by atoms with Gasteiger partial charge in [0.25, 0.3) is 0 Å². The second kappa shape index (κ2) is 6.57. The van der Waals surface area contributed by atoms with Gasteiger partial charge in [0, 0.05) is 19.1 Å². The molecule has 1 aromatic carbocycles. The average molecular weight is 279 g/mol. The molecule has 1 aromatic rings. The Morgan fingerprint density at radius 1 is 1.45 bits per heavy atom. The van der Waals surface area contributed by atoms with E-state index in [0.29, 0.717) is 25.8 Å². The number of nitrogens with zero attached hydrogens (tertiary/aromatic N) is 1. The van der Waals surface area contributed by atoms with E-state index < -0.39 is 5.60 Å². The number of rotatable bonds is 4. The molecular formula is C16H25NO3. The summed E-state index contributed by atoms with van der Waals surface area (Å²) in [6, 6.07) is 8.26. The SMILES string of the molecule is Cc1cccc(OC[C@@]2(O)COCCN(C(C)C)C2)c1. The van der Waals surface area contributed by atoms with Gasteiger partial charge >= 0.3 is 0 Å². The normalized spacial score (nSPS) is 24.6. The molecule has 1 fully saturated rings. The third-order valence-corrected chi connectivity index (χ3v) is 3.62. The first-order chi connectivity index (χ1) is 9.48. The van der Waals surface area contributed by atoms with E-state index in [9.17, 15) is 5.11 Å². The highest BCUT2D eigenvalue weighted by Crippen LogP contribution is 2.18. The number of aliphatic hydroxyl groups is 1. The van der Waals surface area contributed by atoms with Gasteiger partial charge in [-0.3, -0.25) is 4.90 Å². The van der Waals surface area contributed by atoms with Crippen LogP contribution in [0, 0.1) is 6.92 Å². The lowest BCUT2D eigenvalue weighted by molar-refractivity contribution is -0.0661. The molecule has 0 spiro atoms. The summed E-state index contributed by atoms with van der Waals surface area (Å²) in [6.07, 6.45) is 0. The molecule has 0 aliphatic carbocycles. The minimum atomic E-state index is -0.954. The Hall–Kier alpha value is -1.10.